The van der Waals surface area contributed by atoms with Crippen LogP contribution in [-0.2, 0) is 11.2 Å². The Morgan fingerprint density at radius 1 is 1.57 bits per heavy atom. The van der Waals surface area contributed by atoms with E-state index in [1.54, 1.807) is 11.0 Å². The average molecular weight is 310 g/mol. The number of carbonyl (C=O) groups is 2. The maximum atomic E-state index is 12.0. The molecule has 6 heteroatoms. The van der Waals surface area contributed by atoms with Gasteiger partial charge in [-0.15, -0.1) is 0 Å². The Labute approximate surface area is 127 Å². The van der Waals surface area contributed by atoms with Gasteiger partial charge in [0.2, 0.25) is 0 Å². The lowest BCUT2D eigenvalue weighted by molar-refractivity contribution is 0.0694. The predicted molar refractivity (Wildman–Crippen MR) is 78.8 cm³/mol. The molecule has 2 rings (SSSR count). The molecule has 112 valence electrons. The zero-order valence-electron chi connectivity index (χ0n) is 11.6. The molecule has 1 atom stereocenters. The number of amides is 1. The van der Waals surface area contributed by atoms with Crippen LogP contribution in [0, 0.1) is 0 Å². The molecule has 0 bridgehead atoms. The van der Waals surface area contributed by atoms with E-state index >= 15 is 0 Å². The smallest absolute Gasteiger partial charge is 0.410 e. The maximum Gasteiger partial charge on any atom is 0.410 e. The van der Waals surface area contributed by atoms with E-state index in [-0.39, 0.29) is 18.2 Å². The molecule has 1 aliphatic heterocycles. The summed E-state index contributed by atoms with van der Waals surface area (Å²) < 4.78 is 5.04. The topological polar surface area (TPSA) is 66.8 Å². The number of ether oxygens (including phenoxy) is 1. The largest absolute Gasteiger partial charge is 0.478 e. The van der Waals surface area contributed by atoms with Gasteiger partial charge in [0.25, 0.3) is 0 Å². The van der Waals surface area contributed by atoms with Gasteiger partial charge in [0.15, 0.2) is 0 Å². The highest BCUT2D eigenvalue weighted by Gasteiger charge is 2.32. The van der Waals surface area contributed by atoms with Crippen molar-refractivity contribution in [1.29, 1.82) is 0 Å². The Bertz CT molecular complexity index is 600. The van der Waals surface area contributed by atoms with Crippen LogP contribution in [0.15, 0.2) is 24.8 Å². The zero-order chi connectivity index (χ0) is 15.6. The van der Waals surface area contributed by atoms with Gasteiger partial charge in [0, 0.05) is 11.6 Å². The first kappa shape index (κ1) is 15.4. The van der Waals surface area contributed by atoms with E-state index in [0.29, 0.717) is 29.1 Å². The third kappa shape index (κ3) is 2.88. The first-order valence-electron chi connectivity index (χ1n) is 6.56. The molecular weight excluding hydrogens is 294 g/mol. The molecule has 1 aromatic rings. The lowest BCUT2D eigenvalue weighted by Gasteiger charge is -2.35. The molecule has 1 aliphatic rings. The summed E-state index contributed by atoms with van der Waals surface area (Å²) in [6.45, 7) is 5.84. The summed E-state index contributed by atoms with van der Waals surface area (Å²) in [4.78, 5) is 24.8. The van der Waals surface area contributed by atoms with Crippen molar-refractivity contribution in [1.82, 2.24) is 4.90 Å². The first-order valence-corrected chi connectivity index (χ1v) is 6.94. The lowest BCUT2D eigenvalue weighted by Crippen LogP contribution is -2.40. The molecule has 1 aromatic carbocycles. The maximum absolute atomic E-state index is 12.0. The Kier molecular flexibility index (Phi) is 4.53. The molecule has 0 fully saturated rings. The van der Waals surface area contributed by atoms with Gasteiger partial charge in [-0.2, -0.15) is 0 Å². The van der Waals surface area contributed by atoms with E-state index in [9.17, 15) is 14.7 Å². The van der Waals surface area contributed by atoms with E-state index in [1.165, 1.54) is 12.1 Å². The van der Waals surface area contributed by atoms with Crippen LogP contribution < -0.4 is 0 Å². The molecule has 0 aromatic heterocycles. The number of nitrogens with zero attached hydrogens (tertiary/aromatic N) is 1. The van der Waals surface area contributed by atoms with Gasteiger partial charge < -0.3 is 14.7 Å². The molecule has 0 aliphatic carbocycles. The van der Waals surface area contributed by atoms with E-state index in [4.69, 9.17) is 16.3 Å². The SMILES string of the molecule is C=CCOC(=O)N1CCc2c(C(=O)O)ccc(Cl)c2C1C. The number of rotatable bonds is 3. The molecular formula is C15H16ClNO4. The number of aromatic carboxylic acids is 1. The van der Waals surface area contributed by atoms with Gasteiger partial charge in [0.1, 0.15) is 6.61 Å². The zero-order valence-corrected chi connectivity index (χ0v) is 12.4. The second-order valence-corrected chi connectivity index (χ2v) is 5.18. The fraction of sp³-hybridized carbons (Fsp3) is 0.333. The minimum Gasteiger partial charge on any atom is -0.478 e. The lowest BCUT2D eigenvalue weighted by atomic mass is 9.90. The van der Waals surface area contributed by atoms with Gasteiger partial charge in [-0.3, -0.25) is 0 Å². The normalized spacial score (nSPS) is 17.0. The Hall–Kier alpha value is -2.01. The first-order chi connectivity index (χ1) is 9.97. The van der Waals surface area contributed by atoms with Gasteiger partial charge in [-0.25, -0.2) is 9.59 Å². The van der Waals surface area contributed by atoms with Crippen molar-refractivity contribution in [2.45, 2.75) is 19.4 Å². The van der Waals surface area contributed by atoms with E-state index in [2.05, 4.69) is 6.58 Å². The molecule has 1 unspecified atom stereocenters. The molecule has 1 amide bonds. The summed E-state index contributed by atoms with van der Waals surface area (Å²) in [5.74, 6) is -0.988. The van der Waals surface area contributed by atoms with Crippen molar-refractivity contribution in [3.63, 3.8) is 0 Å². The number of fused-ring (bicyclic) bond motifs is 1. The molecule has 0 spiro atoms. The van der Waals surface area contributed by atoms with Crippen LogP contribution in [-0.4, -0.2) is 35.2 Å². The van der Waals surface area contributed by atoms with Gasteiger partial charge in [0.05, 0.1) is 11.6 Å². The Morgan fingerprint density at radius 2 is 2.29 bits per heavy atom. The van der Waals surface area contributed by atoms with Crippen molar-refractivity contribution >= 4 is 23.7 Å². The molecule has 21 heavy (non-hydrogen) atoms. The molecule has 0 saturated heterocycles. The predicted octanol–water partition coefficient (Wildman–Crippen LogP) is 3.28. The molecule has 5 nitrogen and oxygen atoms in total. The number of carbonyl (C=O) groups excluding carboxylic acids is 1. The summed E-state index contributed by atoms with van der Waals surface area (Å²) in [5, 5.41) is 9.71. The number of halogens is 1. The summed E-state index contributed by atoms with van der Waals surface area (Å²) in [7, 11) is 0. The molecule has 1 heterocycles. The van der Waals surface area contributed by atoms with E-state index < -0.39 is 12.1 Å². The van der Waals surface area contributed by atoms with Crippen LogP contribution in [0.2, 0.25) is 5.02 Å². The summed E-state index contributed by atoms with van der Waals surface area (Å²) in [6.07, 6.45) is 1.48. The highest BCUT2D eigenvalue weighted by Crippen LogP contribution is 2.36. The van der Waals surface area contributed by atoms with Crippen LogP contribution in [0.5, 0.6) is 0 Å². The third-order valence-electron chi connectivity index (χ3n) is 3.58. The van der Waals surface area contributed by atoms with Crippen molar-refractivity contribution in [2.75, 3.05) is 13.2 Å². The quantitative estimate of drug-likeness (QED) is 0.870. The van der Waals surface area contributed by atoms with Crippen molar-refractivity contribution < 1.29 is 19.4 Å². The van der Waals surface area contributed by atoms with Crippen LogP contribution in [0.1, 0.15) is 34.5 Å². The highest BCUT2D eigenvalue weighted by atomic mass is 35.5. The van der Waals surface area contributed by atoms with Crippen LogP contribution in [0.4, 0.5) is 4.79 Å². The van der Waals surface area contributed by atoms with Crippen molar-refractivity contribution in [3.05, 3.63) is 46.5 Å². The van der Waals surface area contributed by atoms with Crippen molar-refractivity contribution in [3.8, 4) is 0 Å². The standard InChI is InChI=1S/C15H16ClNO4/c1-3-8-21-15(20)17-7-6-10-11(14(18)19)4-5-12(16)13(10)9(17)2/h3-5,9H,1,6-8H2,2H3,(H,18,19). The van der Waals surface area contributed by atoms with Gasteiger partial charge in [-0.05, 0) is 36.6 Å². The average Bonchev–Trinajstić information content (AvgIpc) is 2.44. The number of hydrogen-bond donors (Lipinski definition) is 1. The summed E-state index contributed by atoms with van der Waals surface area (Å²) in [6, 6.07) is 2.72. The second kappa shape index (κ2) is 6.18. The monoisotopic (exact) mass is 309 g/mol. The third-order valence-corrected chi connectivity index (χ3v) is 3.91. The van der Waals surface area contributed by atoms with E-state index in [0.717, 1.165) is 0 Å². The molecule has 0 saturated carbocycles. The fourth-order valence-electron chi connectivity index (χ4n) is 2.60. The minimum atomic E-state index is -0.988. The van der Waals surface area contributed by atoms with Crippen molar-refractivity contribution in [2.24, 2.45) is 0 Å². The number of carboxylic acid groups (broad SMARTS) is 1. The Morgan fingerprint density at radius 3 is 2.90 bits per heavy atom. The van der Waals surface area contributed by atoms with E-state index in [1.807, 2.05) is 6.92 Å². The van der Waals surface area contributed by atoms with Crippen LogP contribution in [0.3, 0.4) is 0 Å². The molecule has 0 radical (unpaired) electrons. The summed E-state index contributed by atoms with van der Waals surface area (Å²) in [5.41, 5.74) is 1.61. The Balaban J connectivity index is 2.37. The second-order valence-electron chi connectivity index (χ2n) is 4.78. The van der Waals surface area contributed by atoms with Gasteiger partial charge >= 0.3 is 12.1 Å². The minimum absolute atomic E-state index is 0.137. The van der Waals surface area contributed by atoms with Crippen LogP contribution in [0.25, 0.3) is 0 Å². The van der Waals surface area contributed by atoms with Gasteiger partial charge in [-0.1, -0.05) is 24.3 Å². The van der Waals surface area contributed by atoms with Crippen LogP contribution >= 0.6 is 11.6 Å². The number of hydrogen-bond acceptors (Lipinski definition) is 3. The number of benzene rings is 1. The highest BCUT2D eigenvalue weighted by molar-refractivity contribution is 6.31. The summed E-state index contributed by atoms with van der Waals surface area (Å²) >= 11 is 6.20. The fourth-order valence-corrected chi connectivity index (χ4v) is 2.94. The molecule has 1 N–H and O–H groups in total. The number of carboxylic acids is 1.